The van der Waals surface area contributed by atoms with Crippen molar-refractivity contribution in [2.75, 3.05) is 24.2 Å². The lowest BCUT2D eigenvalue weighted by atomic mass is 9.98. The SMILES string of the molecule is CNc1nc(C2CC2)nc(NCC(C2CC2)C2CC2)c1C. The maximum absolute atomic E-state index is 4.81. The van der Waals surface area contributed by atoms with Crippen molar-refractivity contribution in [3.63, 3.8) is 0 Å². The predicted molar refractivity (Wildman–Crippen MR) is 85.7 cm³/mol. The van der Waals surface area contributed by atoms with E-state index in [1.54, 1.807) is 0 Å². The van der Waals surface area contributed by atoms with Gasteiger partial charge in [0.2, 0.25) is 0 Å². The predicted octanol–water partition coefficient (Wildman–Crippen LogP) is 3.55. The summed E-state index contributed by atoms with van der Waals surface area (Å²) < 4.78 is 0. The van der Waals surface area contributed by atoms with Crippen molar-refractivity contribution < 1.29 is 0 Å². The van der Waals surface area contributed by atoms with Gasteiger partial charge in [-0.25, -0.2) is 9.97 Å². The van der Waals surface area contributed by atoms with Gasteiger partial charge in [0.25, 0.3) is 0 Å². The van der Waals surface area contributed by atoms with Gasteiger partial charge in [0.15, 0.2) is 0 Å². The van der Waals surface area contributed by atoms with E-state index in [0.29, 0.717) is 5.92 Å². The molecule has 0 bridgehead atoms. The highest BCUT2D eigenvalue weighted by molar-refractivity contribution is 5.57. The summed E-state index contributed by atoms with van der Waals surface area (Å²) in [4.78, 5) is 9.49. The Morgan fingerprint density at radius 1 is 1.00 bits per heavy atom. The normalized spacial score (nSPS) is 21.7. The third-order valence-electron chi connectivity index (χ3n) is 5.30. The maximum atomic E-state index is 4.81. The molecule has 1 heterocycles. The van der Waals surface area contributed by atoms with Gasteiger partial charge in [-0.05, 0) is 63.2 Å². The average Bonchev–Trinajstić information content (AvgIpc) is 3.35. The zero-order valence-electron chi connectivity index (χ0n) is 13.2. The number of aromatic nitrogens is 2. The maximum Gasteiger partial charge on any atom is 0.136 e. The average molecular weight is 286 g/mol. The first-order valence-corrected chi connectivity index (χ1v) is 8.56. The second-order valence-electron chi connectivity index (χ2n) is 7.15. The number of hydrogen-bond donors (Lipinski definition) is 2. The molecule has 0 amide bonds. The number of nitrogens with one attached hydrogen (secondary N) is 2. The quantitative estimate of drug-likeness (QED) is 0.805. The van der Waals surface area contributed by atoms with Gasteiger partial charge >= 0.3 is 0 Å². The van der Waals surface area contributed by atoms with E-state index in [0.717, 1.165) is 47.3 Å². The van der Waals surface area contributed by atoms with Crippen molar-refractivity contribution >= 4 is 11.6 Å². The molecule has 2 N–H and O–H groups in total. The van der Waals surface area contributed by atoms with Crippen LogP contribution >= 0.6 is 0 Å². The van der Waals surface area contributed by atoms with Gasteiger partial charge in [0, 0.05) is 25.1 Å². The molecule has 114 valence electrons. The van der Waals surface area contributed by atoms with Gasteiger partial charge in [-0.2, -0.15) is 0 Å². The van der Waals surface area contributed by atoms with Crippen LogP contribution in [0.5, 0.6) is 0 Å². The Morgan fingerprint density at radius 2 is 1.62 bits per heavy atom. The molecule has 3 fully saturated rings. The zero-order valence-corrected chi connectivity index (χ0v) is 13.2. The van der Waals surface area contributed by atoms with Gasteiger partial charge < -0.3 is 10.6 Å². The van der Waals surface area contributed by atoms with Crippen molar-refractivity contribution in [2.24, 2.45) is 17.8 Å². The number of rotatable bonds is 7. The molecule has 4 nitrogen and oxygen atoms in total. The Bertz CT molecular complexity index is 518. The van der Waals surface area contributed by atoms with E-state index < -0.39 is 0 Å². The molecule has 3 saturated carbocycles. The van der Waals surface area contributed by atoms with Gasteiger partial charge in [0.1, 0.15) is 17.5 Å². The Labute approximate surface area is 127 Å². The summed E-state index contributed by atoms with van der Waals surface area (Å²) in [5, 5.41) is 6.89. The van der Waals surface area contributed by atoms with Crippen molar-refractivity contribution in [3.05, 3.63) is 11.4 Å². The second-order valence-corrected chi connectivity index (χ2v) is 7.15. The highest BCUT2D eigenvalue weighted by Crippen LogP contribution is 2.49. The highest BCUT2D eigenvalue weighted by atomic mass is 15.1. The van der Waals surface area contributed by atoms with Crippen LogP contribution in [0.1, 0.15) is 55.8 Å². The van der Waals surface area contributed by atoms with Crippen LogP contribution in [0.2, 0.25) is 0 Å². The highest BCUT2D eigenvalue weighted by Gasteiger charge is 2.41. The summed E-state index contributed by atoms with van der Waals surface area (Å²) in [6.45, 7) is 3.22. The lowest BCUT2D eigenvalue weighted by Gasteiger charge is -2.19. The van der Waals surface area contributed by atoms with Gasteiger partial charge in [-0.3, -0.25) is 0 Å². The molecular weight excluding hydrogens is 260 g/mol. The number of nitrogens with zero attached hydrogens (tertiary/aromatic N) is 2. The molecule has 0 aliphatic heterocycles. The molecule has 1 aromatic heterocycles. The molecule has 0 radical (unpaired) electrons. The molecule has 1 aromatic rings. The smallest absolute Gasteiger partial charge is 0.136 e. The molecule has 21 heavy (non-hydrogen) atoms. The molecule has 4 heteroatoms. The summed E-state index contributed by atoms with van der Waals surface area (Å²) in [5.74, 6) is 6.52. The van der Waals surface area contributed by atoms with Crippen LogP contribution in [-0.2, 0) is 0 Å². The van der Waals surface area contributed by atoms with Gasteiger partial charge in [-0.1, -0.05) is 0 Å². The molecule has 4 rings (SSSR count). The number of hydrogen-bond acceptors (Lipinski definition) is 4. The Balaban J connectivity index is 1.51. The lowest BCUT2D eigenvalue weighted by molar-refractivity contribution is 0.427. The Kier molecular flexibility index (Phi) is 3.27. The van der Waals surface area contributed by atoms with Crippen LogP contribution in [0, 0.1) is 24.7 Å². The van der Waals surface area contributed by atoms with Crippen LogP contribution < -0.4 is 10.6 Å². The van der Waals surface area contributed by atoms with E-state index in [1.165, 1.54) is 38.5 Å². The molecule has 0 atom stereocenters. The third-order valence-corrected chi connectivity index (χ3v) is 5.30. The van der Waals surface area contributed by atoms with Crippen molar-refractivity contribution in [1.82, 2.24) is 9.97 Å². The fraction of sp³-hybridized carbons (Fsp3) is 0.765. The van der Waals surface area contributed by atoms with Gasteiger partial charge in [-0.15, -0.1) is 0 Å². The molecule has 3 aliphatic rings. The minimum atomic E-state index is 0.598. The third kappa shape index (κ3) is 2.85. The molecule has 0 saturated heterocycles. The van der Waals surface area contributed by atoms with E-state index in [9.17, 15) is 0 Å². The van der Waals surface area contributed by atoms with Crippen LogP contribution in [0.25, 0.3) is 0 Å². The molecule has 0 spiro atoms. The van der Waals surface area contributed by atoms with Crippen LogP contribution in [0.3, 0.4) is 0 Å². The summed E-state index contributed by atoms with van der Waals surface area (Å²) in [5.41, 5.74) is 1.16. The Hall–Kier alpha value is -1.32. The first-order valence-electron chi connectivity index (χ1n) is 8.56. The lowest BCUT2D eigenvalue weighted by Crippen LogP contribution is -2.20. The van der Waals surface area contributed by atoms with E-state index in [1.807, 2.05) is 7.05 Å². The van der Waals surface area contributed by atoms with Gasteiger partial charge in [0.05, 0.1) is 0 Å². The molecule has 0 unspecified atom stereocenters. The summed E-state index contributed by atoms with van der Waals surface area (Å²) in [6.07, 6.45) is 8.28. The minimum Gasteiger partial charge on any atom is -0.373 e. The van der Waals surface area contributed by atoms with Crippen LogP contribution in [-0.4, -0.2) is 23.6 Å². The monoisotopic (exact) mass is 286 g/mol. The van der Waals surface area contributed by atoms with Crippen molar-refractivity contribution in [3.8, 4) is 0 Å². The zero-order chi connectivity index (χ0) is 14.4. The van der Waals surface area contributed by atoms with E-state index >= 15 is 0 Å². The second kappa shape index (κ2) is 5.15. The molecule has 0 aromatic carbocycles. The molecular formula is C17H26N4. The van der Waals surface area contributed by atoms with Crippen molar-refractivity contribution in [2.45, 2.75) is 51.4 Å². The largest absolute Gasteiger partial charge is 0.373 e. The molecule has 3 aliphatic carbocycles. The number of anilines is 2. The fourth-order valence-corrected chi connectivity index (χ4v) is 3.46. The van der Waals surface area contributed by atoms with E-state index in [2.05, 4.69) is 22.5 Å². The van der Waals surface area contributed by atoms with Crippen LogP contribution in [0.15, 0.2) is 0 Å². The first-order chi connectivity index (χ1) is 10.3. The minimum absolute atomic E-state index is 0.598. The summed E-state index contributed by atoms with van der Waals surface area (Å²) in [7, 11) is 1.95. The van der Waals surface area contributed by atoms with E-state index in [4.69, 9.17) is 4.98 Å². The summed E-state index contributed by atoms with van der Waals surface area (Å²) in [6, 6.07) is 0. The van der Waals surface area contributed by atoms with Crippen molar-refractivity contribution in [1.29, 1.82) is 0 Å². The summed E-state index contributed by atoms with van der Waals surface area (Å²) >= 11 is 0. The topological polar surface area (TPSA) is 49.8 Å². The van der Waals surface area contributed by atoms with E-state index in [-0.39, 0.29) is 0 Å². The Morgan fingerprint density at radius 3 is 2.14 bits per heavy atom. The fourth-order valence-electron chi connectivity index (χ4n) is 3.46. The van der Waals surface area contributed by atoms with Crippen LogP contribution in [0.4, 0.5) is 11.6 Å². The standard InChI is InChI=1S/C17H26N4/c1-10-15(18-2)20-17(13-7-8-13)21-16(10)19-9-14(11-3-4-11)12-5-6-12/h11-14H,3-9H2,1-2H3,(H2,18,19,20,21). The first kappa shape index (κ1) is 13.4.